The maximum atomic E-state index is 11.4. The molecule has 0 radical (unpaired) electrons. The molecule has 0 saturated carbocycles. The number of aromatic nitrogens is 1. The average Bonchev–Trinajstić information content (AvgIpc) is 2.74. The molecule has 0 saturated heterocycles. The van der Waals surface area contributed by atoms with Crippen LogP contribution >= 0.6 is 11.3 Å². The van der Waals surface area contributed by atoms with Crippen LogP contribution in [-0.2, 0) is 11.2 Å². The molecule has 0 aliphatic heterocycles. The van der Waals surface area contributed by atoms with E-state index in [-0.39, 0.29) is 5.91 Å². The molecule has 1 aromatic rings. The molecule has 0 atom stereocenters. The van der Waals surface area contributed by atoms with Gasteiger partial charge in [-0.3, -0.25) is 4.79 Å². The lowest BCUT2D eigenvalue weighted by atomic mass is 10.3. The van der Waals surface area contributed by atoms with Crippen molar-refractivity contribution < 1.29 is 4.79 Å². The van der Waals surface area contributed by atoms with Crippen molar-refractivity contribution in [1.29, 1.82) is 0 Å². The molecular formula is C11H19N3OS. The molecule has 16 heavy (non-hydrogen) atoms. The number of amides is 1. The van der Waals surface area contributed by atoms with Crippen molar-refractivity contribution >= 4 is 17.2 Å². The summed E-state index contributed by atoms with van der Waals surface area (Å²) in [6.45, 7) is 1.77. The third-order valence-corrected chi connectivity index (χ3v) is 2.99. The molecule has 4 nitrogen and oxygen atoms in total. The first-order valence-electron chi connectivity index (χ1n) is 5.48. The molecule has 1 heterocycles. The van der Waals surface area contributed by atoms with Crippen LogP contribution in [0.1, 0.15) is 17.8 Å². The van der Waals surface area contributed by atoms with Gasteiger partial charge in [0.2, 0.25) is 5.91 Å². The van der Waals surface area contributed by atoms with Gasteiger partial charge in [0.05, 0.1) is 5.01 Å². The fraction of sp³-hybridized carbons (Fsp3) is 0.636. The SMILES string of the molecule is CN(C)CCCNC(=O)CCc1nccs1. The predicted molar refractivity (Wildman–Crippen MR) is 66.6 cm³/mol. The number of hydrogen-bond donors (Lipinski definition) is 1. The molecule has 0 aliphatic carbocycles. The third kappa shape index (κ3) is 5.82. The van der Waals surface area contributed by atoms with Crippen LogP contribution in [0.15, 0.2) is 11.6 Å². The van der Waals surface area contributed by atoms with E-state index in [9.17, 15) is 4.79 Å². The summed E-state index contributed by atoms with van der Waals surface area (Å²) < 4.78 is 0. The number of aryl methyl sites for hydroxylation is 1. The Balaban J connectivity index is 2.03. The first-order chi connectivity index (χ1) is 7.68. The molecule has 1 aromatic heterocycles. The van der Waals surface area contributed by atoms with Crippen molar-refractivity contribution in [2.75, 3.05) is 27.2 Å². The van der Waals surface area contributed by atoms with Crippen molar-refractivity contribution in [3.05, 3.63) is 16.6 Å². The Hall–Kier alpha value is -0.940. The van der Waals surface area contributed by atoms with Gasteiger partial charge in [0.15, 0.2) is 0 Å². The van der Waals surface area contributed by atoms with Gasteiger partial charge in [0.1, 0.15) is 0 Å². The van der Waals surface area contributed by atoms with Gasteiger partial charge in [-0.2, -0.15) is 0 Å². The molecule has 0 unspecified atom stereocenters. The van der Waals surface area contributed by atoms with Crippen LogP contribution in [-0.4, -0.2) is 43.0 Å². The van der Waals surface area contributed by atoms with Crippen molar-refractivity contribution in [3.8, 4) is 0 Å². The van der Waals surface area contributed by atoms with Gasteiger partial charge in [0.25, 0.3) is 0 Å². The summed E-state index contributed by atoms with van der Waals surface area (Å²) in [6, 6.07) is 0. The van der Waals surface area contributed by atoms with Crippen LogP contribution < -0.4 is 5.32 Å². The second-order valence-electron chi connectivity index (χ2n) is 3.93. The van der Waals surface area contributed by atoms with Crippen LogP contribution in [0.25, 0.3) is 0 Å². The van der Waals surface area contributed by atoms with Crippen molar-refractivity contribution in [2.45, 2.75) is 19.3 Å². The van der Waals surface area contributed by atoms with Crippen molar-refractivity contribution in [2.24, 2.45) is 0 Å². The normalized spacial score (nSPS) is 10.7. The number of hydrogen-bond acceptors (Lipinski definition) is 4. The summed E-state index contributed by atoms with van der Waals surface area (Å²) in [5.74, 6) is 0.119. The maximum absolute atomic E-state index is 11.4. The minimum atomic E-state index is 0.119. The first kappa shape index (κ1) is 13.1. The zero-order valence-corrected chi connectivity index (χ0v) is 10.7. The van der Waals surface area contributed by atoms with E-state index >= 15 is 0 Å². The van der Waals surface area contributed by atoms with Gasteiger partial charge in [-0.1, -0.05) is 0 Å². The second kappa shape index (κ2) is 7.35. The quantitative estimate of drug-likeness (QED) is 0.728. The van der Waals surface area contributed by atoms with E-state index in [0.29, 0.717) is 6.42 Å². The zero-order chi connectivity index (χ0) is 11.8. The number of nitrogens with one attached hydrogen (secondary N) is 1. The fourth-order valence-corrected chi connectivity index (χ4v) is 1.93. The predicted octanol–water partition coefficient (Wildman–Crippen LogP) is 1.14. The molecule has 1 N–H and O–H groups in total. The molecule has 0 fully saturated rings. The Labute approximate surface area is 101 Å². The topological polar surface area (TPSA) is 45.2 Å². The Morgan fingerprint density at radius 1 is 1.56 bits per heavy atom. The molecule has 1 amide bonds. The smallest absolute Gasteiger partial charge is 0.220 e. The fourth-order valence-electron chi connectivity index (χ4n) is 1.31. The average molecular weight is 241 g/mol. The number of carbonyl (C=O) groups is 1. The lowest BCUT2D eigenvalue weighted by Gasteiger charge is -2.09. The third-order valence-electron chi connectivity index (χ3n) is 2.15. The summed E-state index contributed by atoms with van der Waals surface area (Å²) in [7, 11) is 4.06. The maximum Gasteiger partial charge on any atom is 0.220 e. The van der Waals surface area contributed by atoms with E-state index in [1.807, 2.05) is 19.5 Å². The Morgan fingerprint density at radius 3 is 3.00 bits per heavy atom. The van der Waals surface area contributed by atoms with Gasteiger partial charge in [-0.05, 0) is 27.1 Å². The number of thiazole rings is 1. The highest BCUT2D eigenvalue weighted by molar-refractivity contribution is 7.09. The Morgan fingerprint density at radius 2 is 2.38 bits per heavy atom. The number of carbonyl (C=O) groups excluding carboxylic acids is 1. The molecule has 0 spiro atoms. The number of rotatable bonds is 7. The molecule has 5 heteroatoms. The summed E-state index contributed by atoms with van der Waals surface area (Å²) >= 11 is 1.60. The van der Waals surface area contributed by atoms with E-state index in [0.717, 1.165) is 30.9 Å². The van der Waals surface area contributed by atoms with Gasteiger partial charge in [-0.25, -0.2) is 4.98 Å². The van der Waals surface area contributed by atoms with E-state index in [1.54, 1.807) is 17.5 Å². The molecule has 0 aromatic carbocycles. The highest BCUT2D eigenvalue weighted by atomic mass is 32.1. The summed E-state index contributed by atoms with van der Waals surface area (Å²) in [6.07, 6.45) is 4.05. The molecule has 90 valence electrons. The van der Waals surface area contributed by atoms with E-state index < -0.39 is 0 Å². The molecule has 0 bridgehead atoms. The lowest BCUT2D eigenvalue weighted by Crippen LogP contribution is -2.27. The van der Waals surface area contributed by atoms with Crippen molar-refractivity contribution in [3.63, 3.8) is 0 Å². The van der Waals surface area contributed by atoms with Gasteiger partial charge < -0.3 is 10.2 Å². The van der Waals surface area contributed by atoms with Crippen LogP contribution in [0.4, 0.5) is 0 Å². The van der Waals surface area contributed by atoms with Crippen LogP contribution in [0.2, 0.25) is 0 Å². The van der Waals surface area contributed by atoms with Gasteiger partial charge in [-0.15, -0.1) is 11.3 Å². The van der Waals surface area contributed by atoms with E-state index in [1.165, 1.54) is 0 Å². The standard InChI is InChI=1S/C11H19N3OS/c1-14(2)8-3-6-12-10(15)4-5-11-13-7-9-16-11/h7,9H,3-6,8H2,1-2H3,(H,12,15). The van der Waals surface area contributed by atoms with Crippen molar-refractivity contribution in [1.82, 2.24) is 15.2 Å². The first-order valence-corrected chi connectivity index (χ1v) is 6.36. The summed E-state index contributed by atoms with van der Waals surface area (Å²) in [5, 5.41) is 5.88. The van der Waals surface area contributed by atoms with E-state index in [4.69, 9.17) is 0 Å². The molecule has 0 aliphatic rings. The second-order valence-corrected chi connectivity index (χ2v) is 4.91. The van der Waals surface area contributed by atoms with Crippen LogP contribution in [0.5, 0.6) is 0 Å². The van der Waals surface area contributed by atoms with Crippen LogP contribution in [0, 0.1) is 0 Å². The summed E-state index contributed by atoms with van der Waals surface area (Å²) in [4.78, 5) is 17.7. The monoisotopic (exact) mass is 241 g/mol. The van der Waals surface area contributed by atoms with Gasteiger partial charge >= 0.3 is 0 Å². The zero-order valence-electron chi connectivity index (χ0n) is 9.90. The molecule has 1 rings (SSSR count). The summed E-state index contributed by atoms with van der Waals surface area (Å²) in [5.41, 5.74) is 0. The van der Waals surface area contributed by atoms with Gasteiger partial charge in [0, 0.05) is 31.0 Å². The highest BCUT2D eigenvalue weighted by Gasteiger charge is 2.03. The lowest BCUT2D eigenvalue weighted by molar-refractivity contribution is -0.121. The minimum Gasteiger partial charge on any atom is -0.356 e. The Kier molecular flexibility index (Phi) is 6.03. The Bertz CT molecular complexity index is 298. The number of nitrogens with zero attached hydrogens (tertiary/aromatic N) is 2. The highest BCUT2D eigenvalue weighted by Crippen LogP contribution is 2.06. The molecular weight excluding hydrogens is 222 g/mol. The minimum absolute atomic E-state index is 0.119. The van der Waals surface area contributed by atoms with E-state index in [2.05, 4.69) is 15.2 Å². The largest absolute Gasteiger partial charge is 0.356 e. The van der Waals surface area contributed by atoms with Crippen LogP contribution in [0.3, 0.4) is 0 Å².